The van der Waals surface area contributed by atoms with Gasteiger partial charge in [0.1, 0.15) is 0 Å². The lowest BCUT2D eigenvalue weighted by molar-refractivity contribution is -0.120. The van der Waals surface area contributed by atoms with E-state index >= 15 is 0 Å². The molecule has 1 amide bonds. The fourth-order valence-electron chi connectivity index (χ4n) is 1.44. The molecule has 108 valence electrons. The van der Waals surface area contributed by atoms with Crippen molar-refractivity contribution in [1.29, 1.82) is 0 Å². The Kier molecular flexibility index (Phi) is 10.1. The molecule has 1 atom stereocenters. The summed E-state index contributed by atoms with van der Waals surface area (Å²) in [4.78, 5) is 11.4. The minimum Gasteiger partial charge on any atom is -0.387 e. The highest BCUT2D eigenvalue weighted by molar-refractivity contribution is 5.85. The molecular weight excluding hydrogens is 268 g/mol. The monoisotopic (exact) mass is 288 g/mol. The minimum absolute atomic E-state index is 0. The smallest absolute Gasteiger partial charge is 0.234 e. The Morgan fingerprint density at radius 1 is 1.37 bits per heavy atom. The lowest BCUT2D eigenvalue weighted by Crippen LogP contribution is -2.37. The number of ether oxygens (including phenoxy) is 1. The van der Waals surface area contributed by atoms with Crippen LogP contribution >= 0.6 is 12.4 Å². The molecule has 1 rings (SSSR count). The lowest BCUT2D eigenvalue weighted by Gasteiger charge is -2.12. The summed E-state index contributed by atoms with van der Waals surface area (Å²) in [6.45, 7) is 1.64. The third kappa shape index (κ3) is 7.79. The largest absolute Gasteiger partial charge is 0.387 e. The van der Waals surface area contributed by atoms with Crippen LogP contribution in [-0.2, 0) is 9.53 Å². The van der Waals surface area contributed by atoms with E-state index in [9.17, 15) is 9.90 Å². The third-order valence-electron chi connectivity index (χ3n) is 2.45. The van der Waals surface area contributed by atoms with E-state index in [0.29, 0.717) is 13.2 Å². The molecule has 0 aliphatic carbocycles. The number of carbonyl (C=O) groups excluding carboxylic acids is 1. The first kappa shape index (κ1) is 17.9. The van der Waals surface area contributed by atoms with E-state index < -0.39 is 6.10 Å². The molecule has 0 spiro atoms. The van der Waals surface area contributed by atoms with E-state index in [-0.39, 0.29) is 31.4 Å². The van der Waals surface area contributed by atoms with Gasteiger partial charge in [0, 0.05) is 20.2 Å². The standard InChI is InChI=1S/C13H20N2O3.ClH/c1-18-8-7-14-10-13(17)15-9-12(16)11-5-3-2-4-6-11;/h2-6,12,14,16H,7-10H2,1H3,(H,15,17);1H. The quantitative estimate of drug-likeness (QED) is 0.609. The van der Waals surface area contributed by atoms with Crippen LogP contribution in [0.3, 0.4) is 0 Å². The van der Waals surface area contributed by atoms with Gasteiger partial charge in [-0.3, -0.25) is 4.79 Å². The van der Waals surface area contributed by atoms with Gasteiger partial charge in [-0.15, -0.1) is 12.4 Å². The van der Waals surface area contributed by atoms with Crippen LogP contribution in [-0.4, -0.2) is 44.4 Å². The average Bonchev–Trinajstić information content (AvgIpc) is 2.42. The summed E-state index contributed by atoms with van der Waals surface area (Å²) in [6.07, 6.45) is -0.672. The lowest BCUT2D eigenvalue weighted by atomic mass is 10.1. The summed E-state index contributed by atoms with van der Waals surface area (Å²) in [5, 5.41) is 15.4. The summed E-state index contributed by atoms with van der Waals surface area (Å²) >= 11 is 0. The number of hydrogen-bond donors (Lipinski definition) is 3. The Bertz CT molecular complexity index is 349. The first-order valence-corrected chi connectivity index (χ1v) is 5.93. The molecule has 5 nitrogen and oxygen atoms in total. The van der Waals surface area contributed by atoms with Gasteiger partial charge < -0.3 is 20.5 Å². The summed E-state index contributed by atoms with van der Waals surface area (Å²) in [5.41, 5.74) is 0.796. The molecule has 0 aromatic heterocycles. The van der Waals surface area contributed by atoms with Crippen molar-refractivity contribution in [2.45, 2.75) is 6.10 Å². The van der Waals surface area contributed by atoms with Gasteiger partial charge >= 0.3 is 0 Å². The Labute approximate surface area is 119 Å². The highest BCUT2D eigenvalue weighted by Gasteiger charge is 2.08. The van der Waals surface area contributed by atoms with Crippen LogP contribution in [0.25, 0.3) is 0 Å². The van der Waals surface area contributed by atoms with Crippen molar-refractivity contribution in [2.24, 2.45) is 0 Å². The van der Waals surface area contributed by atoms with Crippen LogP contribution < -0.4 is 10.6 Å². The van der Waals surface area contributed by atoms with Gasteiger partial charge in [-0.2, -0.15) is 0 Å². The molecule has 6 heteroatoms. The van der Waals surface area contributed by atoms with Crippen LogP contribution in [0.1, 0.15) is 11.7 Å². The zero-order valence-corrected chi connectivity index (χ0v) is 11.8. The summed E-state index contributed by atoms with van der Waals surface area (Å²) in [7, 11) is 1.61. The Morgan fingerprint density at radius 2 is 2.05 bits per heavy atom. The van der Waals surface area contributed by atoms with Gasteiger partial charge in [0.25, 0.3) is 0 Å². The second-order valence-electron chi connectivity index (χ2n) is 3.90. The van der Waals surface area contributed by atoms with Gasteiger partial charge in [-0.05, 0) is 5.56 Å². The van der Waals surface area contributed by atoms with Crippen molar-refractivity contribution in [1.82, 2.24) is 10.6 Å². The van der Waals surface area contributed by atoms with Crippen LogP contribution in [0, 0.1) is 0 Å². The number of carbonyl (C=O) groups is 1. The summed E-state index contributed by atoms with van der Waals surface area (Å²) in [5.74, 6) is -0.138. The van der Waals surface area contributed by atoms with Crippen LogP contribution in [0.5, 0.6) is 0 Å². The number of rotatable bonds is 8. The maximum Gasteiger partial charge on any atom is 0.234 e. The number of aliphatic hydroxyl groups excluding tert-OH is 1. The normalized spacial score (nSPS) is 11.5. The van der Waals surface area contributed by atoms with Crippen molar-refractivity contribution in [3.8, 4) is 0 Å². The van der Waals surface area contributed by atoms with E-state index in [1.807, 2.05) is 30.3 Å². The Hall–Kier alpha value is -1.14. The molecule has 0 bridgehead atoms. The molecule has 0 saturated carbocycles. The van der Waals surface area contributed by atoms with E-state index in [1.54, 1.807) is 7.11 Å². The molecule has 0 saturated heterocycles. The van der Waals surface area contributed by atoms with Crippen molar-refractivity contribution in [3.05, 3.63) is 35.9 Å². The van der Waals surface area contributed by atoms with Crippen LogP contribution in [0.4, 0.5) is 0 Å². The zero-order valence-electron chi connectivity index (χ0n) is 11.0. The van der Waals surface area contributed by atoms with Gasteiger partial charge in [0.15, 0.2) is 0 Å². The first-order valence-electron chi connectivity index (χ1n) is 5.93. The third-order valence-corrected chi connectivity index (χ3v) is 2.45. The molecule has 1 unspecified atom stereocenters. The average molecular weight is 289 g/mol. The minimum atomic E-state index is -0.672. The molecule has 0 fully saturated rings. The van der Waals surface area contributed by atoms with E-state index in [2.05, 4.69) is 10.6 Å². The molecule has 3 N–H and O–H groups in total. The molecule has 1 aromatic rings. The second-order valence-corrected chi connectivity index (χ2v) is 3.90. The van der Waals surface area contributed by atoms with Crippen LogP contribution in [0.15, 0.2) is 30.3 Å². The van der Waals surface area contributed by atoms with Crippen LogP contribution in [0.2, 0.25) is 0 Å². The SMILES string of the molecule is COCCNCC(=O)NCC(O)c1ccccc1.Cl. The number of halogens is 1. The van der Waals surface area contributed by atoms with E-state index in [0.717, 1.165) is 5.56 Å². The zero-order chi connectivity index (χ0) is 13.2. The highest BCUT2D eigenvalue weighted by atomic mass is 35.5. The van der Waals surface area contributed by atoms with Gasteiger partial charge in [0.2, 0.25) is 5.91 Å². The fraction of sp³-hybridized carbons (Fsp3) is 0.462. The molecule has 0 radical (unpaired) electrons. The van der Waals surface area contributed by atoms with Crippen molar-refractivity contribution in [3.63, 3.8) is 0 Å². The number of amides is 1. The number of aliphatic hydroxyl groups is 1. The predicted octanol–water partition coefficient (Wildman–Crippen LogP) is 0.494. The molecule has 1 aromatic carbocycles. The predicted molar refractivity (Wildman–Crippen MR) is 76.4 cm³/mol. The van der Waals surface area contributed by atoms with Gasteiger partial charge in [-0.1, -0.05) is 30.3 Å². The molecule has 19 heavy (non-hydrogen) atoms. The number of nitrogens with one attached hydrogen (secondary N) is 2. The number of hydrogen-bond acceptors (Lipinski definition) is 4. The van der Waals surface area contributed by atoms with Crippen molar-refractivity contribution >= 4 is 18.3 Å². The van der Waals surface area contributed by atoms with Crippen molar-refractivity contribution in [2.75, 3.05) is 33.4 Å². The number of methoxy groups -OCH3 is 1. The summed E-state index contributed by atoms with van der Waals surface area (Å²) in [6, 6.07) is 9.25. The molecule has 0 aliphatic heterocycles. The van der Waals surface area contributed by atoms with E-state index in [4.69, 9.17) is 4.74 Å². The van der Waals surface area contributed by atoms with Gasteiger partial charge in [-0.25, -0.2) is 0 Å². The maximum absolute atomic E-state index is 11.4. The molecule has 0 heterocycles. The topological polar surface area (TPSA) is 70.6 Å². The molecule has 0 aliphatic rings. The molecular formula is C13H21ClN2O3. The van der Waals surface area contributed by atoms with Crippen molar-refractivity contribution < 1.29 is 14.6 Å². The second kappa shape index (κ2) is 10.8. The highest BCUT2D eigenvalue weighted by Crippen LogP contribution is 2.10. The van der Waals surface area contributed by atoms with Gasteiger partial charge in [0.05, 0.1) is 19.3 Å². The Morgan fingerprint density at radius 3 is 2.68 bits per heavy atom. The first-order chi connectivity index (χ1) is 8.74. The van der Waals surface area contributed by atoms with E-state index in [1.165, 1.54) is 0 Å². The Balaban J connectivity index is 0.00000324. The number of benzene rings is 1. The maximum atomic E-state index is 11.4. The fourth-order valence-corrected chi connectivity index (χ4v) is 1.44. The summed E-state index contributed by atoms with van der Waals surface area (Å²) < 4.78 is 4.85.